The fourth-order valence-corrected chi connectivity index (χ4v) is 2.87. The second-order valence-corrected chi connectivity index (χ2v) is 5.66. The Balaban J connectivity index is 1.53. The number of ether oxygens (including phenoxy) is 1. The van der Waals surface area contributed by atoms with Crippen molar-refractivity contribution in [1.82, 2.24) is 20.1 Å². The molecular formula is C16H20F2N4O. The standard InChI is InChI=1S/C16H20F2N4O/c1-11(12-4-2-5-13(10-12)23-16(17)18)19-8-7-15-21-20-14-6-3-9-22(14)15/h2,4-5,10-11,16,19H,3,6-9H2,1H3/t11-/m0/s1. The molecule has 23 heavy (non-hydrogen) atoms. The number of nitrogens with one attached hydrogen (secondary N) is 1. The van der Waals surface area contributed by atoms with Crippen molar-refractivity contribution in [3.8, 4) is 5.75 Å². The van der Waals surface area contributed by atoms with E-state index in [4.69, 9.17) is 0 Å². The van der Waals surface area contributed by atoms with Gasteiger partial charge in [0.2, 0.25) is 0 Å². The van der Waals surface area contributed by atoms with E-state index < -0.39 is 6.61 Å². The van der Waals surface area contributed by atoms with Gasteiger partial charge in [-0.2, -0.15) is 8.78 Å². The molecule has 0 saturated heterocycles. The Morgan fingerprint density at radius 3 is 3.04 bits per heavy atom. The van der Waals surface area contributed by atoms with Gasteiger partial charge in [-0.1, -0.05) is 12.1 Å². The second kappa shape index (κ2) is 7.04. The Bertz CT molecular complexity index is 659. The van der Waals surface area contributed by atoms with Crippen LogP contribution in [0, 0.1) is 0 Å². The van der Waals surface area contributed by atoms with Crippen molar-refractivity contribution in [2.45, 2.75) is 45.4 Å². The normalized spacial score (nSPS) is 15.0. The molecule has 0 saturated carbocycles. The van der Waals surface area contributed by atoms with Gasteiger partial charge >= 0.3 is 6.61 Å². The number of hydrogen-bond donors (Lipinski definition) is 1. The average molecular weight is 322 g/mol. The van der Waals surface area contributed by atoms with Crippen LogP contribution in [0.5, 0.6) is 5.75 Å². The number of hydrogen-bond acceptors (Lipinski definition) is 4. The maximum atomic E-state index is 12.3. The molecule has 2 heterocycles. The zero-order valence-electron chi connectivity index (χ0n) is 13.0. The summed E-state index contributed by atoms with van der Waals surface area (Å²) >= 11 is 0. The van der Waals surface area contributed by atoms with E-state index in [1.165, 1.54) is 6.07 Å². The lowest BCUT2D eigenvalue weighted by Crippen LogP contribution is -2.22. The maximum Gasteiger partial charge on any atom is 0.387 e. The molecule has 1 aliphatic rings. The Hall–Kier alpha value is -2.02. The van der Waals surface area contributed by atoms with Crippen molar-refractivity contribution in [1.29, 1.82) is 0 Å². The summed E-state index contributed by atoms with van der Waals surface area (Å²) in [6, 6.07) is 6.82. The predicted octanol–water partition coefficient (Wildman–Crippen LogP) is 2.72. The summed E-state index contributed by atoms with van der Waals surface area (Å²) in [4.78, 5) is 0. The highest BCUT2D eigenvalue weighted by Crippen LogP contribution is 2.21. The predicted molar refractivity (Wildman–Crippen MR) is 81.5 cm³/mol. The molecule has 1 aromatic heterocycles. The topological polar surface area (TPSA) is 52.0 Å². The van der Waals surface area contributed by atoms with Gasteiger partial charge in [0.15, 0.2) is 0 Å². The summed E-state index contributed by atoms with van der Waals surface area (Å²) in [5.74, 6) is 2.26. The third-order valence-corrected chi connectivity index (χ3v) is 4.07. The number of benzene rings is 1. The van der Waals surface area contributed by atoms with Crippen LogP contribution in [0.25, 0.3) is 0 Å². The van der Waals surface area contributed by atoms with Crippen LogP contribution >= 0.6 is 0 Å². The van der Waals surface area contributed by atoms with Crippen molar-refractivity contribution >= 4 is 0 Å². The molecule has 0 amide bonds. The quantitative estimate of drug-likeness (QED) is 0.851. The van der Waals surface area contributed by atoms with Gasteiger partial charge in [0.05, 0.1) is 0 Å². The van der Waals surface area contributed by atoms with Gasteiger partial charge in [-0.15, -0.1) is 10.2 Å². The fourth-order valence-electron chi connectivity index (χ4n) is 2.87. The molecule has 5 nitrogen and oxygen atoms in total. The molecule has 0 fully saturated rings. The summed E-state index contributed by atoms with van der Waals surface area (Å²) in [7, 11) is 0. The largest absolute Gasteiger partial charge is 0.435 e. The summed E-state index contributed by atoms with van der Waals surface area (Å²) in [5, 5.41) is 11.8. The molecule has 3 rings (SSSR count). The molecule has 0 radical (unpaired) electrons. The van der Waals surface area contributed by atoms with Crippen molar-refractivity contribution < 1.29 is 13.5 Å². The minimum absolute atomic E-state index is 0.0391. The fraction of sp³-hybridized carbons (Fsp3) is 0.500. The molecule has 0 bridgehead atoms. The van der Waals surface area contributed by atoms with E-state index in [0.717, 1.165) is 49.6 Å². The number of fused-ring (bicyclic) bond motifs is 1. The number of alkyl halides is 2. The minimum Gasteiger partial charge on any atom is -0.435 e. The SMILES string of the molecule is C[C@H](NCCc1nnc2n1CCC2)c1cccc(OC(F)F)c1. The molecule has 7 heteroatoms. The molecule has 1 aromatic carbocycles. The summed E-state index contributed by atoms with van der Waals surface area (Å²) < 4.78 is 31.2. The van der Waals surface area contributed by atoms with E-state index in [0.29, 0.717) is 0 Å². The van der Waals surface area contributed by atoms with Gasteiger partial charge in [0.1, 0.15) is 17.4 Å². The van der Waals surface area contributed by atoms with Gasteiger partial charge < -0.3 is 14.6 Å². The van der Waals surface area contributed by atoms with Crippen LogP contribution in [0.4, 0.5) is 8.78 Å². The van der Waals surface area contributed by atoms with Crippen LogP contribution in [0.2, 0.25) is 0 Å². The minimum atomic E-state index is -2.80. The molecule has 0 unspecified atom stereocenters. The van der Waals surface area contributed by atoms with E-state index in [2.05, 4.69) is 24.8 Å². The van der Waals surface area contributed by atoms with E-state index in [1.807, 2.05) is 13.0 Å². The lowest BCUT2D eigenvalue weighted by atomic mass is 10.1. The molecule has 2 aromatic rings. The van der Waals surface area contributed by atoms with Crippen molar-refractivity contribution in [2.24, 2.45) is 0 Å². The maximum absolute atomic E-state index is 12.3. The number of aryl methyl sites for hydroxylation is 1. The van der Waals surface area contributed by atoms with E-state index in [-0.39, 0.29) is 11.8 Å². The molecule has 1 atom stereocenters. The molecular weight excluding hydrogens is 302 g/mol. The smallest absolute Gasteiger partial charge is 0.387 e. The van der Waals surface area contributed by atoms with Crippen molar-refractivity contribution in [3.05, 3.63) is 41.5 Å². The zero-order valence-corrected chi connectivity index (χ0v) is 13.0. The highest BCUT2D eigenvalue weighted by Gasteiger charge is 2.17. The highest BCUT2D eigenvalue weighted by molar-refractivity contribution is 5.30. The Morgan fingerprint density at radius 2 is 2.22 bits per heavy atom. The monoisotopic (exact) mass is 322 g/mol. The summed E-state index contributed by atoms with van der Waals surface area (Å²) in [6.45, 7) is 0.943. The van der Waals surface area contributed by atoms with Crippen LogP contribution in [0.15, 0.2) is 24.3 Å². The number of nitrogens with zero attached hydrogens (tertiary/aromatic N) is 3. The van der Waals surface area contributed by atoms with Gasteiger partial charge in [-0.05, 0) is 31.0 Å². The third kappa shape index (κ3) is 3.85. The zero-order chi connectivity index (χ0) is 16.2. The lowest BCUT2D eigenvalue weighted by molar-refractivity contribution is -0.0499. The second-order valence-electron chi connectivity index (χ2n) is 5.66. The third-order valence-electron chi connectivity index (χ3n) is 4.07. The highest BCUT2D eigenvalue weighted by atomic mass is 19.3. The first kappa shape index (κ1) is 15.9. The molecule has 1 aliphatic heterocycles. The Kier molecular flexibility index (Phi) is 4.85. The van der Waals surface area contributed by atoms with Crippen LogP contribution in [0.3, 0.4) is 0 Å². The summed E-state index contributed by atoms with van der Waals surface area (Å²) in [5.41, 5.74) is 0.912. The number of rotatable bonds is 7. The number of halogens is 2. The first-order valence-electron chi connectivity index (χ1n) is 7.82. The molecule has 1 N–H and O–H groups in total. The van der Waals surface area contributed by atoms with Crippen LogP contribution in [0.1, 0.15) is 36.6 Å². The van der Waals surface area contributed by atoms with Crippen LogP contribution in [-0.4, -0.2) is 27.9 Å². The lowest BCUT2D eigenvalue weighted by Gasteiger charge is -2.15. The van der Waals surface area contributed by atoms with Crippen molar-refractivity contribution in [2.75, 3.05) is 6.54 Å². The van der Waals surface area contributed by atoms with E-state index in [1.54, 1.807) is 12.1 Å². The van der Waals surface area contributed by atoms with Crippen LogP contribution in [-0.2, 0) is 19.4 Å². The Morgan fingerprint density at radius 1 is 1.35 bits per heavy atom. The average Bonchev–Trinajstić information content (AvgIpc) is 3.11. The van der Waals surface area contributed by atoms with Gasteiger partial charge in [0.25, 0.3) is 0 Å². The van der Waals surface area contributed by atoms with E-state index >= 15 is 0 Å². The molecule has 124 valence electrons. The Labute approximate surface area is 133 Å². The van der Waals surface area contributed by atoms with Gasteiger partial charge in [0, 0.05) is 32.0 Å². The van der Waals surface area contributed by atoms with E-state index in [9.17, 15) is 8.78 Å². The first-order valence-corrected chi connectivity index (χ1v) is 7.82. The van der Waals surface area contributed by atoms with Gasteiger partial charge in [-0.3, -0.25) is 0 Å². The molecule has 0 aliphatic carbocycles. The van der Waals surface area contributed by atoms with Crippen LogP contribution < -0.4 is 10.1 Å². The molecule has 0 spiro atoms. The summed E-state index contributed by atoms with van der Waals surface area (Å²) in [6.07, 6.45) is 2.94. The first-order chi connectivity index (χ1) is 11.1. The number of aromatic nitrogens is 3. The van der Waals surface area contributed by atoms with Crippen molar-refractivity contribution in [3.63, 3.8) is 0 Å². The van der Waals surface area contributed by atoms with Gasteiger partial charge in [-0.25, -0.2) is 0 Å².